The third-order valence-corrected chi connectivity index (χ3v) is 3.57. The number of hydrogen-bond acceptors (Lipinski definition) is 4. The summed E-state index contributed by atoms with van der Waals surface area (Å²) in [5, 5.41) is 9.96. The molecule has 1 aromatic carbocycles. The van der Waals surface area contributed by atoms with Gasteiger partial charge in [-0.15, -0.1) is 0 Å². The van der Waals surface area contributed by atoms with E-state index in [4.69, 9.17) is 16.4 Å². The van der Waals surface area contributed by atoms with Crippen LogP contribution in [0.5, 0.6) is 0 Å². The van der Waals surface area contributed by atoms with E-state index in [1.165, 1.54) is 0 Å². The number of oxime groups is 1. The van der Waals surface area contributed by atoms with Crippen LogP contribution in [0, 0.1) is 0 Å². The average molecular weight is 338 g/mol. The highest BCUT2D eigenvalue weighted by Crippen LogP contribution is 2.18. The Morgan fingerprint density at radius 2 is 1.87 bits per heavy atom. The maximum atomic E-state index is 12.2. The number of nitrogens with zero attached hydrogens (tertiary/aromatic N) is 1. The lowest BCUT2D eigenvalue weighted by atomic mass is 10.0. The maximum Gasteiger partial charge on any atom is 0.264 e. The second-order valence-corrected chi connectivity index (χ2v) is 6.17. The Morgan fingerprint density at radius 3 is 2.48 bits per heavy atom. The molecule has 2 atom stereocenters. The second kappa shape index (κ2) is 7.46. The number of benzene rings is 1. The molecule has 0 unspecified atom stereocenters. The molecule has 0 aliphatic carbocycles. The van der Waals surface area contributed by atoms with E-state index in [1.54, 1.807) is 19.1 Å². The fourth-order valence-electron chi connectivity index (χ4n) is 2.11. The molecule has 0 fully saturated rings. The third kappa shape index (κ3) is 4.69. The molecule has 0 radical (unpaired) electrons. The fraction of sp³-hybridized carbons (Fsp3) is 0.438. The molecule has 124 valence electrons. The summed E-state index contributed by atoms with van der Waals surface area (Å²) < 4.78 is 0. The Kier molecular flexibility index (Phi) is 5.60. The van der Waals surface area contributed by atoms with Crippen LogP contribution in [0.3, 0.4) is 0 Å². The molecule has 6 nitrogen and oxygen atoms in total. The van der Waals surface area contributed by atoms with Gasteiger partial charge in [0.1, 0.15) is 6.04 Å². The summed E-state index contributed by atoms with van der Waals surface area (Å²) in [5.41, 5.74) is 1.54. The molecule has 0 saturated carbocycles. The molecule has 2 amide bonds. The summed E-state index contributed by atoms with van der Waals surface area (Å²) in [6.07, 6.45) is -0.374. The van der Waals surface area contributed by atoms with Crippen molar-refractivity contribution in [3.63, 3.8) is 0 Å². The minimum atomic E-state index is -0.727. The predicted molar refractivity (Wildman–Crippen MR) is 88.4 cm³/mol. The zero-order valence-corrected chi connectivity index (χ0v) is 14.1. The van der Waals surface area contributed by atoms with Crippen LogP contribution >= 0.6 is 11.6 Å². The van der Waals surface area contributed by atoms with Gasteiger partial charge in [-0.1, -0.05) is 28.9 Å². The molecule has 1 heterocycles. The summed E-state index contributed by atoms with van der Waals surface area (Å²) in [5.74, 6) is -0.589. The van der Waals surface area contributed by atoms with Crippen molar-refractivity contribution in [3.8, 4) is 0 Å². The first-order valence-electron chi connectivity index (χ1n) is 7.46. The smallest absolute Gasteiger partial charge is 0.264 e. The van der Waals surface area contributed by atoms with Gasteiger partial charge in [0.05, 0.1) is 5.71 Å². The Hall–Kier alpha value is -2.08. The summed E-state index contributed by atoms with van der Waals surface area (Å²) in [6, 6.07) is 6.54. The van der Waals surface area contributed by atoms with E-state index in [9.17, 15) is 9.59 Å². The Bertz CT molecular complexity index is 614. The molecule has 23 heavy (non-hydrogen) atoms. The molecule has 0 aromatic heterocycles. The van der Waals surface area contributed by atoms with Gasteiger partial charge >= 0.3 is 0 Å². The topological polar surface area (TPSA) is 79.8 Å². The Labute approximate surface area is 140 Å². The molecule has 1 aromatic rings. The van der Waals surface area contributed by atoms with Crippen molar-refractivity contribution >= 4 is 29.1 Å². The highest BCUT2D eigenvalue weighted by Gasteiger charge is 2.30. The zero-order valence-electron chi connectivity index (χ0n) is 13.3. The molecule has 1 aliphatic heterocycles. The van der Waals surface area contributed by atoms with Gasteiger partial charge in [-0.2, -0.15) is 0 Å². The van der Waals surface area contributed by atoms with E-state index < -0.39 is 12.1 Å². The molecule has 0 spiro atoms. The van der Waals surface area contributed by atoms with Crippen molar-refractivity contribution in [2.24, 2.45) is 5.16 Å². The largest absolute Gasteiger partial charge is 0.382 e. The van der Waals surface area contributed by atoms with Crippen molar-refractivity contribution < 1.29 is 14.4 Å². The molecular weight excluding hydrogens is 318 g/mol. The number of halogens is 1. The second-order valence-electron chi connectivity index (χ2n) is 5.74. The van der Waals surface area contributed by atoms with Crippen molar-refractivity contribution in [1.29, 1.82) is 0 Å². The van der Waals surface area contributed by atoms with E-state index in [0.29, 0.717) is 17.2 Å². The molecule has 0 bridgehead atoms. The first-order valence-corrected chi connectivity index (χ1v) is 7.84. The van der Waals surface area contributed by atoms with Gasteiger partial charge in [0.25, 0.3) is 5.91 Å². The van der Waals surface area contributed by atoms with E-state index >= 15 is 0 Å². The molecule has 2 rings (SSSR count). The highest BCUT2D eigenvalue weighted by molar-refractivity contribution is 6.30. The normalized spacial score (nSPS) is 18.1. The van der Waals surface area contributed by atoms with E-state index in [-0.39, 0.29) is 17.9 Å². The monoisotopic (exact) mass is 337 g/mol. The lowest BCUT2D eigenvalue weighted by Gasteiger charge is -2.17. The Morgan fingerprint density at radius 1 is 1.22 bits per heavy atom. The lowest BCUT2D eigenvalue weighted by Crippen LogP contribution is -2.49. The van der Waals surface area contributed by atoms with Crippen molar-refractivity contribution in [2.75, 3.05) is 0 Å². The summed E-state index contributed by atoms with van der Waals surface area (Å²) in [4.78, 5) is 29.2. The van der Waals surface area contributed by atoms with Gasteiger partial charge < -0.3 is 15.5 Å². The summed E-state index contributed by atoms with van der Waals surface area (Å²) in [7, 11) is 0. The van der Waals surface area contributed by atoms with E-state index in [1.807, 2.05) is 26.0 Å². The average Bonchev–Trinajstić information content (AvgIpc) is 2.97. The minimum absolute atomic E-state index is 0.0180. The highest BCUT2D eigenvalue weighted by atomic mass is 35.5. The molecule has 1 aliphatic rings. The first-order chi connectivity index (χ1) is 10.9. The molecule has 2 N–H and O–H groups in total. The van der Waals surface area contributed by atoms with Crippen LogP contribution in [0.2, 0.25) is 5.02 Å². The summed E-state index contributed by atoms with van der Waals surface area (Å²) in [6.45, 7) is 5.35. The number of hydrogen-bond donors (Lipinski definition) is 2. The number of carbonyl (C=O) groups is 2. The van der Waals surface area contributed by atoms with Crippen LogP contribution in [0.15, 0.2) is 29.4 Å². The van der Waals surface area contributed by atoms with Crippen molar-refractivity contribution in [3.05, 3.63) is 34.9 Å². The minimum Gasteiger partial charge on any atom is -0.382 e. The number of rotatable bonds is 5. The predicted octanol–water partition coefficient (Wildman–Crippen LogP) is 1.86. The van der Waals surface area contributed by atoms with Gasteiger partial charge in [-0.05, 0) is 38.5 Å². The fourth-order valence-corrected chi connectivity index (χ4v) is 2.24. The van der Waals surface area contributed by atoms with Crippen LogP contribution in [-0.2, 0) is 14.4 Å². The SMILES string of the molecule is CC(C)NC(=O)[C@H](C)NC(=O)[C@H]1CC(c2ccc(Cl)cc2)=NO1. The molecular formula is C16H20ClN3O3. The van der Waals surface area contributed by atoms with Crippen LogP contribution in [0.25, 0.3) is 0 Å². The van der Waals surface area contributed by atoms with Gasteiger partial charge in [-0.3, -0.25) is 9.59 Å². The maximum absolute atomic E-state index is 12.2. The summed E-state index contributed by atoms with van der Waals surface area (Å²) >= 11 is 5.85. The molecule has 0 saturated heterocycles. The van der Waals surface area contributed by atoms with Crippen molar-refractivity contribution in [1.82, 2.24) is 10.6 Å². The number of nitrogens with one attached hydrogen (secondary N) is 2. The van der Waals surface area contributed by atoms with Crippen LogP contribution < -0.4 is 10.6 Å². The number of amides is 2. The molecule has 7 heteroatoms. The van der Waals surface area contributed by atoms with Crippen LogP contribution in [0.4, 0.5) is 0 Å². The van der Waals surface area contributed by atoms with Crippen molar-refractivity contribution in [2.45, 2.75) is 45.4 Å². The zero-order chi connectivity index (χ0) is 17.0. The quantitative estimate of drug-likeness (QED) is 0.860. The van der Waals surface area contributed by atoms with Gasteiger partial charge in [-0.25, -0.2) is 0 Å². The van der Waals surface area contributed by atoms with Gasteiger partial charge in [0.15, 0.2) is 0 Å². The first kappa shape index (κ1) is 17.3. The van der Waals surface area contributed by atoms with Gasteiger partial charge in [0.2, 0.25) is 12.0 Å². The third-order valence-electron chi connectivity index (χ3n) is 3.32. The van der Waals surface area contributed by atoms with Crippen LogP contribution in [-0.4, -0.2) is 35.7 Å². The lowest BCUT2D eigenvalue weighted by molar-refractivity contribution is -0.135. The standard InChI is InChI=1S/C16H20ClN3O3/c1-9(2)18-15(21)10(3)19-16(22)14-8-13(20-23-14)11-4-6-12(17)7-5-11/h4-7,9-10,14H,8H2,1-3H3,(H,18,21)(H,19,22)/t10-,14+/m0/s1. The Balaban J connectivity index is 1.88. The van der Waals surface area contributed by atoms with E-state index in [0.717, 1.165) is 5.56 Å². The van der Waals surface area contributed by atoms with Crippen LogP contribution in [0.1, 0.15) is 32.8 Å². The number of carbonyl (C=O) groups excluding carboxylic acids is 2. The van der Waals surface area contributed by atoms with E-state index in [2.05, 4.69) is 15.8 Å². The van der Waals surface area contributed by atoms with Gasteiger partial charge in [0, 0.05) is 17.5 Å².